The molecule has 0 unspecified atom stereocenters. The zero-order chi connectivity index (χ0) is 15.5. The summed E-state index contributed by atoms with van der Waals surface area (Å²) in [6.45, 7) is 1.77. The molecule has 1 aliphatic rings. The summed E-state index contributed by atoms with van der Waals surface area (Å²) in [5.74, 6) is -0.563. The van der Waals surface area contributed by atoms with Gasteiger partial charge < -0.3 is 10.1 Å². The quantitative estimate of drug-likeness (QED) is 0.766. The van der Waals surface area contributed by atoms with E-state index >= 15 is 0 Å². The molecule has 0 saturated carbocycles. The Kier molecular flexibility index (Phi) is 5.37. The van der Waals surface area contributed by atoms with Gasteiger partial charge in [-0.3, -0.25) is 0 Å². The molecule has 5 nitrogen and oxygen atoms in total. The number of hydrogen-bond donors (Lipinski definition) is 2. The highest BCUT2D eigenvalue weighted by Gasteiger charge is 2.22. The summed E-state index contributed by atoms with van der Waals surface area (Å²) >= 11 is 3.00. The van der Waals surface area contributed by atoms with Gasteiger partial charge in [0.2, 0.25) is 10.0 Å². The van der Waals surface area contributed by atoms with Crippen molar-refractivity contribution in [2.75, 3.05) is 26.7 Å². The molecule has 2 N–H and O–H groups in total. The van der Waals surface area contributed by atoms with Crippen LogP contribution in [0.1, 0.15) is 6.42 Å². The third kappa shape index (κ3) is 4.03. The van der Waals surface area contributed by atoms with Crippen LogP contribution in [0, 0.1) is 5.82 Å². The summed E-state index contributed by atoms with van der Waals surface area (Å²) in [5, 5.41) is 3.15. The molecular formula is C13H16BrFN2O3S. The molecule has 2 rings (SSSR count). The van der Waals surface area contributed by atoms with E-state index in [0.29, 0.717) is 0 Å². The number of ether oxygens (including phenoxy) is 1. The van der Waals surface area contributed by atoms with Gasteiger partial charge in [0.15, 0.2) is 0 Å². The standard InChI is InChI=1S/C13H16BrFN2O3S/c1-20-12-6-10(14)11(15)7-13(12)21(18,19)17-8-9-2-4-16-5-3-9/h2,6-7,16-17H,3-5,8H2,1H3. The van der Waals surface area contributed by atoms with Gasteiger partial charge in [-0.1, -0.05) is 11.6 Å². The minimum absolute atomic E-state index is 0.0927. The normalized spacial score (nSPS) is 15.7. The van der Waals surface area contributed by atoms with E-state index in [1.165, 1.54) is 13.2 Å². The molecular weight excluding hydrogens is 363 g/mol. The third-order valence-corrected chi connectivity index (χ3v) is 5.17. The van der Waals surface area contributed by atoms with Crippen LogP contribution in [0.5, 0.6) is 5.75 Å². The van der Waals surface area contributed by atoms with Gasteiger partial charge in [-0.2, -0.15) is 0 Å². The molecule has 0 fully saturated rings. The average molecular weight is 379 g/mol. The van der Waals surface area contributed by atoms with Crippen LogP contribution in [0.15, 0.2) is 33.2 Å². The van der Waals surface area contributed by atoms with Gasteiger partial charge in [0.25, 0.3) is 0 Å². The van der Waals surface area contributed by atoms with Crippen LogP contribution >= 0.6 is 15.9 Å². The van der Waals surface area contributed by atoms with Crippen molar-refractivity contribution < 1.29 is 17.5 Å². The number of hydrogen-bond acceptors (Lipinski definition) is 4. The van der Waals surface area contributed by atoms with Crippen molar-refractivity contribution in [3.8, 4) is 5.75 Å². The minimum Gasteiger partial charge on any atom is -0.495 e. The second kappa shape index (κ2) is 6.87. The van der Waals surface area contributed by atoms with Crippen LogP contribution in [0.2, 0.25) is 0 Å². The molecule has 8 heteroatoms. The predicted octanol–water partition coefficient (Wildman–Crippen LogP) is 1.79. The van der Waals surface area contributed by atoms with E-state index < -0.39 is 15.8 Å². The first-order valence-electron chi connectivity index (χ1n) is 6.35. The van der Waals surface area contributed by atoms with Gasteiger partial charge in [0.1, 0.15) is 16.5 Å². The highest BCUT2D eigenvalue weighted by molar-refractivity contribution is 9.10. The van der Waals surface area contributed by atoms with Crippen molar-refractivity contribution in [2.24, 2.45) is 0 Å². The molecule has 116 valence electrons. The van der Waals surface area contributed by atoms with Crippen LogP contribution < -0.4 is 14.8 Å². The van der Waals surface area contributed by atoms with Gasteiger partial charge in [0.05, 0.1) is 11.6 Å². The van der Waals surface area contributed by atoms with Crippen molar-refractivity contribution >= 4 is 26.0 Å². The third-order valence-electron chi connectivity index (χ3n) is 3.14. The maximum absolute atomic E-state index is 13.6. The molecule has 1 aliphatic heterocycles. The zero-order valence-electron chi connectivity index (χ0n) is 11.4. The number of nitrogens with one attached hydrogen (secondary N) is 2. The first-order valence-corrected chi connectivity index (χ1v) is 8.63. The fraction of sp³-hybridized carbons (Fsp3) is 0.385. The lowest BCUT2D eigenvalue weighted by molar-refractivity contribution is 0.400. The van der Waals surface area contributed by atoms with E-state index in [4.69, 9.17) is 4.74 Å². The molecule has 21 heavy (non-hydrogen) atoms. The second-order valence-corrected chi connectivity index (χ2v) is 7.15. The molecule has 0 aliphatic carbocycles. The van der Waals surface area contributed by atoms with Crippen molar-refractivity contribution in [3.63, 3.8) is 0 Å². The minimum atomic E-state index is -3.84. The Morgan fingerprint density at radius 3 is 2.86 bits per heavy atom. The lowest BCUT2D eigenvalue weighted by atomic mass is 10.1. The Labute approximate surface area is 131 Å². The highest BCUT2D eigenvalue weighted by Crippen LogP contribution is 2.29. The van der Waals surface area contributed by atoms with Crippen LogP contribution in [0.4, 0.5) is 4.39 Å². The molecule has 1 heterocycles. The Morgan fingerprint density at radius 1 is 1.48 bits per heavy atom. The average Bonchev–Trinajstić information content (AvgIpc) is 2.48. The Hall–Kier alpha value is -0.960. The van der Waals surface area contributed by atoms with Crippen LogP contribution in [0.3, 0.4) is 0 Å². The van der Waals surface area contributed by atoms with E-state index in [2.05, 4.69) is 26.0 Å². The van der Waals surface area contributed by atoms with Crippen LogP contribution in [-0.2, 0) is 10.0 Å². The topological polar surface area (TPSA) is 67.4 Å². The summed E-state index contributed by atoms with van der Waals surface area (Å²) in [6.07, 6.45) is 2.74. The Balaban J connectivity index is 2.22. The van der Waals surface area contributed by atoms with Crippen molar-refractivity contribution in [1.29, 1.82) is 0 Å². The molecule has 0 aromatic heterocycles. The van der Waals surface area contributed by atoms with E-state index in [9.17, 15) is 12.8 Å². The first-order chi connectivity index (χ1) is 9.94. The van der Waals surface area contributed by atoms with Gasteiger partial charge in [0, 0.05) is 13.1 Å². The van der Waals surface area contributed by atoms with Crippen molar-refractivity contribution in [1.82, 2.24) is 10.0 Å². The fourth-order valence-corrected chi connectivity index (χ4v) is 3.49. The maximum Gasteiger partial charge on any atom is 0.244 e. The van der Waals surface area contributed by atoms with Crippen LogP contribution in [0.25, 0.3) is 0 Å². The fourth-order valence-electron chi connectivity index (χ4n) is 1.98. The highest BCUT2D eigenvalue weighted by atomic mass is 79.9. The lowest BCUT2D eigenvalue weighted by Crippen LogP contribution is -2.30. The number of sulfonamides is 1. The van der Waals surface area contributed by atoms with E-state index in [1.54, 1.807) is 0 Å². The van der Waals surface area contributed by atoms with Crippen molar-refractivity contribution in [2.45, 2.75) is 11.3 Å². The smallest absolute Gasteiger partial charge is 0.244 e. The SMILES string of the molecule is COc1cc(Br)c(F)cc1S(=O)(=O)NCC1=CCNCC1. The van der Waals surface area contributed by atoms with E-state index in [1.807, 2.05) is 6.08 Å². The Morgan fingerprint density at radius 2 is 2.24 bits per heavy atom. The molecule has 0 amide bonds. The van der Waals surface area contributed by atoms with Gasteiger partial charge in [-0.05, 0) is 41.0 Å². The summed E-state index contributed by atoms with van der Waals surface area (Å²) in [4.78, 5) is -0.208. The van der Waals surface area contributed by atoms with Gasteiger partial charge in [-0.25, -0.2) is 17.5 Å². The molecule has 0 atom stereocenters. The zero-order valence-corrected chi connectivity index (χ0v) is 13.9. The first kappa shape index (κ1) is 16.4. The van der Waals surface area contributed by atoms with E-state index in [0.717, 1.165) is 31.1 Å². The summed E-state index contributed by atoms with van der Waals surface area (Å²) in [5.41, 5.74) is 1.01. The number of benzene rings is 1. The largest absolute Gasteiger partial charge is 0.495 e. The summed E-state index contributed by atoms with van der Waals surface area (Å²) in [7, 11) is -2.50. The number of methoxy groups -OCH3 is 1. The number of halogens is 2. The molecule has 1 aromatic rings. The summed E-state index contributed by atoms with van der Waals surface area (Å²) < 4.78 is 45.9. The molecule has 0 bridgehead atoms. The van der Waals surface area contributed by atoms with Crippen LogP contribution in [-0.4, -0.2) is 35.2 Å². The van der Waals surface area contributed by atoms with Gasteiger partial charge >= 0.3 is 0 Å². The second-order valence-electron chi connectivity index (χ2n) is 4.56. The van der Waals surface area contributed by atoms with Gasteiger partial charge in [-0.15, -0.1) is 0 Å². The van der Waals surface area contributed by atoms with Crippen molar-refractivity contribution in [3.05, 3.63) is 34.1 Å². The maximum atomic E-state index is 13.6. The molecule has 0 saturated heterocycles. The van der Waals surface area contributed by atoms with E-state index in [-0.39, 0.29) is 21.7 Å². The molecule has 0 radical (unpaired) electrons. The molecule has 0 spiro atoms. The molecule has 1 aromatic carbocycles. The number of rotatable bonds is 5. The predicted molar refractivity (Wildman–Crippen MR) is 81.4 cm³/mol. The Bertz CT molecular complexity index is 662. The lowest BCUT2D eigenvalue weighted by Gasteiger charge is -2.16. The summed E-state index contributed by atoms with van der Waals surface area (Å²) in [6, 6.07) is 2.25. The monoisotopic (exact) mass is 378 g/mol.